The molecule has 1 fully saturated rings. The number of amides is 4. The highest BCUT2D eigenvalue weighted by Gasteiger charge is 2.27. The molecule has 7 nitrogen and oxygen atoms in total. The molecule has 0 bridgehead atoms. The number of ether oxygens (including phenoxy) is 2. The lowest BCUT2D eigenvalue weighted by molar-refractivity contribution is -0.123. The maximum Gasteiger partial charge on any atom is 0.328 e. The number of barbiturate groups is 1. The fourth-order valence-electron chi connectivity index (χ4n) is 2.55. The lowest BCUT2D eigenvalue weighted by atomic mass is 10.1. The average Bonchev–Trinajstić information content (AvgIpc) is 2.65. The van der Waals surface area contributed by atoms with E-state index in [0.29, 0.717) is 29.2 Å². The molecule has 28 heavy (non-hydrogen) atoms. The van der Waals surface area contributed by atoms with Crippen LogP contribution in [0.5, 0.6) is 11.5 Å². The maximum absolute atomic E-state index is 13.7. The zero-order valence-corrected chi connectivity index (χ0v) is 15.0. The van der Waals surface area contributed by atoms with Crippen molar-refractivity contribution in [3.05, 3.63) is 65.0 Å². The smallest absolute Gasteiger partial charge is 0.328 e. The molecule has 0 unspecified atom stereocenters. The third-order valence-electron chi connectivity index (χ3n) is 3.86. The van der Waals surface area contributed by atoms with Crippen molar-refractivity contribution in [1.82, 2.24) is 10.6 Å². The first-order valence-electron chi connectivity index (χ1n) is 8.49. The van der Waals surface area contributed by atoms with Crippen molar-refractivity contribution in [2.24, 2.45) is 0 Å². The van der Waals surface area contributed by atoms with Gasteiger partial charge in [-0.05, 0) is 36.8 Å². The van der Waals surface area contributed by atoms with Crippen LogP contribution in [0.2, 0.25) is 0 Å². The normalized spacial score (nSPS) is 13.6. The van der Waals surface area contributed by atoms with Gasteiger partial charge in [0.05, 0.1) is 6.61 Å². The average molecular weight is 384 g/mol. The molecule has 3 rings (SSSR count). The van der Waals surface area contributed by atoms with Crippen molar-refractivity contribution in [3.8, 4) is 11.5 Å². The number of urea groups is 1. The minimum Gasteiger partial charge on any atom is -0.490 e. The molecule has 0 aliphatic carbocycles. The van der Waals surface area contributed by atoms with Crippen LogP contribution in [0.4, 0.5) is 9.18 Å². The van der Waals surface area contributed by atoms with E-state index in [1.54, 1.807) is 43.3 Å². The highest BCUT2D eigenvalue weighted by atomic mass is 19.1. The van der Waals surface area contributed by atoms with Crippen molar-refractivity contribution < 1.29 is 28.2 Å². The summed E-state index contributed by atoms with van der Waals surface area (Å²) < 4.78 is 25.0. The summed E-state index contributed by atoms with van der Waals surface area (Å²) in [7, 11) is 0. The first-order chi connectivity index (χ1) is 13.5. The molecule has 0 aromatic heterocycles. The predicted molar refractivity (Wildman–Crippen MR) is 98.0 cm³/mol. The first kappa shape index (κ1) is 19.1. The van der Waals surface area contributed by atoms with Gasteiger partial charge in [0.15, 0.2) is 11.5 Å². The summed E-state index contributed by atoms with van der Waals surface area (Å²) in [6.45, 7) is 2.16. The fourth-order valence-corrected chi connectivity index (χ4v) is 2.55. The third-order valence-corrected chi connectivity index (χ3v) is 3.86. The molecule has 144 valence electrons. The molecule has 2 N–H and O–H groups in total. The summed E-state index contributed by atoms with van der Waals surface area (Å²) >= 11 is 0. The first-order valence-corrected chi connectivity index (χ1v) is 8.49. The van der Waals surface area contributed by atoms with Gasteiger partial charge in [-0.15, -0.1) is 0 Å². The van der Waals surface area contributed by atoms with E-state index in [9.17, 15) is 18.8 Å². The highest BCUT2D eigenvalue weighted by Crippen LogP contribution is 2.30. The number of hydrogen-bond acceptors (Lipinski definition) is 5. The Kier molecular flexibility index (Phi) is 5.69. The van der Waals surface area contributed by atoms with Crippen molar-refractivity contribution >= 4 is 23.9 Å². The molecule has 2 aromatic rings. The molecule has 1 saturated heterocycles. The summed E-state index contributed by atoms with van der Waals surface area (Å²) in [6, 6.07) is 10.2. The van der Waals surface area contributed by atoms with E-state index in [2.05, 4.69) is 0 Å². The molecule has 0 spiro atoms. The molecule has 0 radical (unpaired) electrons. The van der Waals surface area contributed by atoms with Gasteiger partial charge in [0.25, 0.3) is 11.8 Å². The van der Waals surface area contributed by atoms with Gasteiger partial charge in [-0.1, -0.05) is 24.3 Å². The number of benzene rings is 2. The van der Waals surface area contributed by atoms with E-state index in [0.717, 1.165) is 0 Å². The molecule has 4 amide bonds. The van der Waals surface area contributed by atoms with Crippen molar-refractivity contribution in [3.63, 3.8) is 0 Å². The number of nitrogens with one attached hydrogen (secondary N) is 2. The van der Waals surface area contributed by atoms with E-state index in [1.807, 2.05) is 10.6 Å². The van der Waals surface area contributed by atoms with E-state index in [1.165, 1.54) is 12.1 Å². The zero-order chi connectivity index (χ0) is 20.1. The van der Waals surface area contributed by atoms with Crippen LogP contribution in [0.1, 0.15) is 18.1 Å². The van der Waals surface area contributed by atoms with Gasteiger partial charge in [0, 0.05) is 5.56 Å². The molecule has 8 heteroatoms. The minimum atomic E-state index is -0.862. The van der Waals surface area contributed by atoms with Gasteiger partial charge in [0.2, 0.25) is 0 Å². The number of rotatable bonds is 6. The van der Waals surface area contributed by atoms with Crippen molar-refractivity contribution in [1.29, 1.82) is 0 Å². The van der Waals surface area contributed by atoms with Crippen molar-refractivity contribution in [2.45, 2.75) is 13.5 Å². The quantitative estimate of drug-likeness (QED) is 0.590. The summed E-state index contributed by atoms with van der Waals surface area (Å²) in [5, 5.41) is 4.01. The Labute approximate surface area is 160 Å². The lowest BCUT2D eigenvalue weighted by Crippen LogP contribution is -2.51. The van der Waals surface area contributed by atoms with Crippen LogP contribution in [-0.2, 0) is 16.2 Å². The Morgan fingerprint density at radius 2 is 1.68 bits per heavy atom. The molecular weight excluding hydrogens is 367 g/mol. The minimum absolute atomic E-state index is 0.0140. The van der Waals surface area contributed by atoms with Crippen LogP contribution < -0.4 is 20.1 Å². The number of imide groups is 2. The largest absolute Gasteiger partial charge is 0.490 e. The van der Waals surface area contributed by atoms with Crippen LogP contribution in [0, 0.1) is 5.82 Å². The maximum atomic E-state index is 13.7. The zero-order valence-electron chi connectivity index (χ0n) is 15.0. The van der Waals surface area contributed by atoms with E-state index >= 15 is 0 Å². The van der Waals surface area contributed by atoms with Crippen LogP contribution in [-0.4, -0.2) is 24.5 Å². The number of carbonyl (C=O) groups excluding carboxylic acids is 3. The van der Waals surface area contributed by atoms with E-state index in [-0.39, 0.29) is 18.0 Å². The number of hydrogen-bond donors (Lipinski definition) is 2. The van der Waals surface area contributed by atoms with Gasteiger partial charge in [0.1, 0.15) is 18.0 Å². The molecular formula is C20H17FN2O5. The standard InChI is InChI=1S/C20H17FN2O5/c1-2-27-17-10-12(9-14-18(24)22-20(26)23-19(14)25)7-8-16(17)28-11-13-5-3-4-6-15(13)21/h3-10H,2,11H2,1H3,(H2,22,23,24,25,26). The Morgan fingerprint density at radius 3 is 2.36 bits per heavy atom. The summed E-state index contributed by atoms with van der Waals surface area (Å²) in [5.74, 6) is -1.18. The third kappa shape index (κ3) is 4.35. The van der Waals surface area contributed by atoms with E-state index in [4.69, 9.17) is 9.47 Å². The molecule has 1 heterocycles. The Hall–Kier alpha value is -3.68. The highest BCUT2D eigenvalue weighted by molar-refractivity contribution is 6.31. The Balaban J connectivity index is 1.83. The van der Waals surface area contributed by atoms with E-state index < -0.39 is 17.8 Å². The van der Waals surface area contributed by atoms with Gasteiger partial charge in [-0.3, -0.25) is 20.2 Å². The second kappa shape index (κ2) is 8.34. The van der Waals surface area contributed by atoms with Crippen molar-refractivity contribution in [2.75, 3.05) is 6.61 Å². The van der Waals surface area contributed by atoms with Crippen LogP contribution in [0.25, 0.3) is 6.08 Å². The molecule has 0 atom stereocenters. The number of carbonyl (C=O) groups is 3. The second-order valence-electron chi connectivity index (χ2n) is 5.81. The lowest BCUT2D eigenvalue weighted by Gasteiger charge is -2.15. The number of halogens is 1. The van der Waals surface area contributed by atoms with Gasteiger partial charge in [-0.25, -0.2) is 9.18 Å². The summed E-state index contributed by atoms with van der Waals surface area (Å²) in [6.07, 6.45) is 1.33. The molecule has 0 saturated carbocycles. The Bertz CT molecular complexity index is 949. The molecule has 1 aliphatic heterocycles. The van der Waals surface area contributed by atoms with Gasteiger partial charge < -0.3 is 9.47 Å². The Morgan fingerprint density at radius 1 is 0.964 bits per heavy atom. The van der Waals surface area contributed by atoms with Crippen LogP contribution in [0.15, 0.2) is 48.0 Å². The van der Waals surface area contributed by atoms with Gasteiger partial charge in [-0.2, -0.15) is 0 Å². The van der Waals surface area contributed by atoms with Crippen LogP contribution in [0.3, 0.4) is 0 Å². The molecule has 2 aromatic carbocycles. The fraction of sp³-hybridized carbons (Fsp3) is 0.150. The monoisotopic (exact) mass is 384 g/mol. The summed E-state index contributed by atoms with van der Waals surface area (Å²) in [5.41, 5.74) is 0.690. The second-order valence-corrected chi connectivity index (χ2v) is 5.81. The topological polar surface area (TPSA) is 93.7 Å². The summed E-state index contributed by atoms with van der Waals surface area (Å²) in [4.78, 5) is 34.8. The molecule has 1 aliphatic rings. The SMILES string of the molecule is CCOc1cc(C=C2C(=O)NC(=O)NC2=O)ccc1OCc1ccccc1F. The van der Waals surface area contributed by atoms with Gasteiger partial charge >= 0.3 is 6.03 Å². The van der Waals surface area contributed by atoms with Crippen LogP contribution >= 0.6 is 0 Å². The predicted octanol–water partition coefficient (Wildman–Crippen LogP) is 2.55.